The summed E-state index contributed by atoms with van der Waals surface area (Å²) < 4.78 is 5.02. The molecule has 0 unspecified atom stereocenters. The average Bonchev–Trinajstić information content (AvgIpc) is 3.17. The van der Waals surface area contributed by atoms with Gasteiger partial charge in [-0.25, -0.2) is 0 Å². The quantitative estimate of drug-likeness (QED) is 0.856. The molecule has 0 atom stereocenters. The number of hydrogen-bond acceptors (Lipinski definition) is 3. The Hall–Kier alpha value is -2.27. The predicted molar refractivity (Wildman–Crippen MR) is 87.8 cm³/mol. The van der Waals surface area contributed by atoms with Crippen LogP contribution in [0.1, 0.15) is 29.0 Å². The van der Waals surface area contributed by atoms with Crippen molar-refractivity contribution in [2.45, 2.75) is 19.3 Å². The normalized spacial score (nSPS) is 13.0. The maximum atomic E-state index is 12.3. The largest absolute Gasteiger partial charge is 0.440 e. The number of anilines is 1. The molecule has 0 bridgehead atoms. The Morgan fingerprint density at radius 3 is 2.83 bits per heavy atom. The van der Waals surface area contributed by atoms with Crippen molar-refractivity contribution in [1.82, 2.24) is 5.32 Å². The number of nitrogens with one attached hydrogen (secondary N) is 1. The number of furan rings is 1. The van der Waals surface area contributed by atoms with Crippen LogP contribution in [-0.4, -0.2) is 24.9 Å². The maximum absolute atomic E-state index is 12.3. The summed E-state index contributed by atoms with van der Waals surface area (Å²) in [6, 6.07) is 11.0. The number of hydrogen-bond donors (Lipinski definition) is 1. The van der Waals surface area contributed by atoms with Gasteiger partial charge in [0.2, 0.25) is 5.91 Å². The lowest BCUT2D eigenvalue weighted by Gasteiger charge is -2.17. The van der Waals surface area contributed by atoms with Crippen LogP contribution in [-0.2, 0) is 11.2 Å². The van der Waals surface area contributed by atoms with Gasteiger partial charge in [-0.3, -0.25) is 9.59 Å². The third-order valence-electron chi connectivity index (χ3n) is 3.84. The van der Waals surface area contributed by atoms with Gasteiger partial charge >= 0.3 is 0 Å². The first-order valence-electron chi connectivity index (χ1n) is 7.57. The van der Waals surface area contributed by atoms with Crippen LogP contribution < -0.4 is 10.2 Å². The fourth-order valence-corrected chi connectivity index (χ4v) is 2.84. The molecule has 2 aromatic rings. The molecule has 1 aliphatic heterocycles. The smallest absolute Gasteiger partial charge is 0.287 e. The summed E-state index contributed by atoms with van der Waals surface area (Å²) in [4.78, 5) is 25.9. The Labute approximate surface area is 139 Å². The third-order valence-corrected chi connectivity index (χ3v) is 4.04. The van der Waals surface area contributed by atoms with Crippen LogP contribution in [0.5, 0.6) is 0 Å². The first kappa shape index (κ1) is 15.6. The van der Waals surface area contributed by atoms with Gasteiger partial charge in [0, 0.05) is 25.2 Å². The molecule has 0 saturated heterocycles. The van der Waals surface area contributed by atoms with Crippen molar-refractivity contribution in [3.8, 4) is 0 Å². The standard InChI is InChI=1S/C17H17ClN2O3/c18-15-8-7-14(23-15)17(22)19-10-3-6-16(21)20-11-9-12-4-1-2-5-13(12)20/h1-2,4-5,7-8H,3,6,9-11H2,(H,19,22). The topological polar surface area (TPSA) is 62.6 Å². The second-order valence-corrected chi connectivity index (χ2v) is 5.76. The Morgan fingerprint density at radius 1 is 1.22 bits per heavy atom. The van der Waals surface area contributed by atoms with E-state index in [0.717, 1.165) is 18.7 Å². The van der Waals surface area contributed by atoms with Gasteiger partial charge < -0.3 is 14.6 Å². The fourth-order valence-electron chi connectivity index (χ4n) is 2.70. The van der Waals surface area contributed by atoms with Crippen LogP contribution in [0.2, 0.25) is 5.22 Å². The minimum Gasteiger partial charge on any atom is -0.440 e. The fraction of sp³-hybridized carbons (Fsp3) is 0.294. The number of carbonyl (C=O) groups is 2. The lowest BCUT2D eigenvalue weighted by Crippen LogP contribution is -2.30. The zero-order chi connectivity index (χ0) is 16.2. The average molecular weight is 333 g/mol. The zero-order valence-electron chi connectivity index (χ0n) is 12.5. The molecule has 2 amide bonds. The molecule has 0 fully saturated rings. The molecule has 5 nitrogen and oxygen atoms in total. The molecule has 1 aromatic carbocycles. The summed E-state index contributed by atoms with van der Waals surface area (Å²) in [6.45, 7) is 1.15. The van der Waals surface area contributed by atoms with Crippen molar-refractivity contribution in [2.75, 3.05) is 18.0 Å². The van der Waals surface area contributed by atoms with E-state index < -0.39 is 0 Å². The molecule has 0 radical (unpaired) electrons. The predicted octanol–water partition coefficient (Wildman–Crippen LogP) is 3.03. The third kappa shape index (κ3) is 3.56. The molecule has 0 aliphatic carbocycles. The molecule has 1 N–H and O–H groups in total. The van der Waals surface area contributed by atoms with Crippen LogP contribution >= 0.6 is 11.6 Å². The monoisotopic (exact) mass is 332 g/mol. The van der Waals surface area contributed by atoms with Crippen LogP contribution in [0, 0.1) is 0 Å². The van der Waals surface area contributed by atoms with Gasteiger partial charge in [0.1, 0.15) is 0 Å². The molecule has 0 saturated carbocycles. The Balaban J connectivity index is 1.44. The number of amides is 2. The molecule has 6 heteroatoms. The van der Waals surface area contributed by atoms with E-state index in [-0.39, 0.29) is 22.8 Å². The summed E-state index contributed by atoms with van der Waals surface area (Å²) in [5.74, 6) is -0.0593. The zero-order valence-corrected chi connectivity index (χ0v) is 13.3. The lowest BCUT2D eigenvalue weighted by molar-refractivity contribution is -0.118. The van der Waals surface area contributed by atoms with E-state index in [9.17, 15) is 9.59 Å². The van der Waals surface area contributed by atoms with Crippen LogP contribution in [0.15, 0.2) is 40.8 Å². The van der Waals surface area contributed by atoms with Crippen LogP contribution in [0.25, 0.3) is 0 Å². The summed E-state index contributed by atoms with van der Waals surface area (Å²) in [6.07, 6.45) is 1.88. The molecule has 23 heavy (non-hydrogen) atoms. The van der Waals surface area contributed by atoms with E-state index in [1.54, 1.807) is 0 Å². The van der Waals surface area contributed by atoms with Crippen molar-refractivity contribution in [1.29, 1.82) is 0 Å². The van der Waals surface area contributed by atoms with Crippen molar-refractivity contribution in [2.24, 2.45) is 0 Å². The van der Waals surface area contributed by atoms with Gasteiger partial charge in [-0.05, 0) is 48.2 Å². The van der Waals surface area contributed by atoms with E-state index in [2.05, 4.69) is 11.4 Å². The molecule has 0 spiro atoms. The van der Waals surface area contributed by atoms with Gasteiger partial charge in [-0.2, -0.15) is 0 Å². The SMILES string of the molecule is O=C(NCCCC(=O)N1CCc2ccccc21)c1ccc(Cl)o1. The molecular weight excluding hydrogens is 316 g/mol. The molecule has 1 aromatic heterocycles. The summed E-state index contributed by atoms with van der Waals surface area (Å²) in [7, 11) is 0. The molecule has 3 rings (SSSR count). The second kappa shape index (κ2) is 6.87. The lowest BCUT2D eigenvalue weighted by atomic mass is 10.2. The highest BCUT2D eigenvalue weighted by Crippen LogP contribution is 2.27. The number of nitrogens with zero attached hydrogens (tertiary/aromatic N) is 1. The minimum atomic E-state index is -0.323. The van der Waals surface area contributed by atoms with E-state index in [1.165, 1.54) is 17.7 Å². The van der Waals surface area contributed by atoms with E-state index in [1.807, 2.05) is 23.1 Å². The Bertz CT molecular complexity index is 726. The molecule has 120 valence electrons. The number of benzene rings is 1. The highest BCUT2D eigenvalue weighted by atomic mass is 35.5. The first-order chi connectivity index (χ1) is 11.1. The van der Waals surface area contributed by atoms with Crippen LogP contribution in [0.4, 0.5) is 5.69 Å². The number of fused-ring (bicyclic) bond motifs is 1. The minimum absolute atomic E-state index is 0.0882. The number of rotatable bonds is 5. The second-order valence-electron chi connectivity index (χ2n) is 5.39. The molecule has 1 aliphatic rings. The van der Waals surface area contributed by atoms with Crippen molar-refractivity contribution in [3.05, 3.63) is 52.9 Å². The number of para-hydroxylation sites is 1. The van der Waals surface area contributed by atoms with Gasteiger partial charge in [-0.1, -0.05) is 18.2 Å². The molecule has 2 heterocycles. The summed E-state index contributed by atoms with van der Waals surface area (Å²) in [5, 5.41) is 2.89. The Kier molecular flexibility index (Phi) is 4.67. The maximum Gasteiger partial charge on any atom is 0.287 e. The summed E-state index contributed by atoms with van der Waals surface area (Å²) in [5.41, 5.74) is 2.22. The van der Waals surface area contributed by atoms with Crippen LogP contribution in [0.3, 0.4) is 0 Å². The highest BCUT2D eigenvalue weighted by Gasteiger charge is 2.23. The van der Waals surface area contributed by atoms with Crippen molar-refractivity contribution >= 4 is 29.1 Å². The van der Waals surface area contributed by atoms with Gasteiger partial charge in [0.05, 0.1) is 0 Å². The van der Waals surface area contributed by atoms with Crippen molar-refractivity contribution < 1.29 is 14.0 Å². The van der Waals surface area contributed by atoms with E-state index >= 15 is 0 Å². The van der Waals surface area contributed by atoms with Crippen molar-refractivity contribution in [3.63, 3.8) is 0 Å². The highest BCUT2D eigenvalue weighted by molar-refractivity contribution is 6.29. The molecular formula is C17H17ClN2O3. The first-order valence-corrected chi connectivity index (χ1v) is 7.95. The Morgan fingerprint density at radius 2 is 2.04 bits per heavy atom. The van der Waals surface area contributed by atoms with E-state index in [4.69, 9.17) is 16.0 Å². The summed E-state index contributed by atoms with van der Waals surface area (Å²) >= 11 is 5.62. The van der Waals surface area contributed by atoms with E-state index in [0.29, 0.717) is 19.4 Å². The van der Waals surface area contributed by atoms with Gasteiger partial charge in [0.15, 0.2) is 11.0 Å². The number of halogens is 1. The van der Waals surface area contributed by atoms with Gasteiger partial charge in [-0.15, -0.1) is 0 Å². The number of carbonyl (C=O) groups excluding carboxylic acids is 2. The van der Waals surface area contributed by atoms with Gasteiger partial charge in [0.25, 0.3) is 5.91 Å².